The van der Waals surface area contributed by atoms with Crippen molar-refractivity contribution < 1.29 is 4.79 Å². The van der Waals surface area contributed by atoms with Crippen molar-refractivity contribution >= 4 is 17.7 Å². The normalized spacial score (nSPS) is 18.4. The van der Waals surface area contributed by atoms with E-state index in [9.17, 15) is 10.1 Å². The Bertz CT molecular complexity index is 295. The molecule has 2 N–H and O–H groups in total. The number of nitrogens with two attached hydrogens (primary N) is 1. The number of nitrogens with zero attached hydrogens (tertiary/aromatic N) is 2. The van der Waals surface area contributed by atoms with Crippen LogP contribution in [0.15, 0.2) is 0 Å². The first-order chi connectivity index (χ1) is 8.16. The molecule has 96 valence electrons. The van der Waals surface area contributed by atoms with E-state index in [0.29, 0.717) is 12.3 Å². The van der Waals surface area contributed by atoms with E-state index in [1.165, 1.54) is 18.2 Å². The van der Waals surface area contributed by atoms with Crippen LogP contribution in [0.3, 0.4) is 0 Å². The lowest BCUT2D eigenvalue weighted by atomic mass is 9.81. The van der Waals surface area contributed by atoms with Gasteiger partial charge in [0.15, 0.2) is 0 Å². The fraction of sp³-hybridized carbons (Fsp3) is 0.833. The Morgan fingerprint density at radius 2 is 2.12 bits per heavy atom. The summed E-state index contributed by atoms with van der Waals surface area (Å²) in [6, 6.07) is 2.36. The third kappa shape index (κ3) is 3.62. The summed E-state index contributed by atoms with van der Waals surface area (Å²) in [5.74, 6) is 1.27. The maximum Gasteiger partial charge on any atom is 0.233 e. The van der Waals surface area contributed by atoms with Gasteiger partial charge >= 0.3 is 0 Å². The lowest BCUT2D eigenvalue weighted by Crippen LogP contribution is -2.50. The summed E-state index contributed by atoms with van der Waals surface area (Å²) in [6.07, 6.45) is 4.89. The highest BCUT2D eigenvalue weighted by molar-refractivity contribution is 7.99. The Balaban J connectivity index is 2.56. The second-order valence-corrected chi connectivity index (χ2v) is 5.60. The molecule has 1 saturated carbocycles. The predicted molar refractivity (Wildman–Crippen MR) is 70.6 cm³/mol. The second-order valence-electron chi connectivity index (χ2n) is 4.50. The van der Waals surface area contributed by atoms with E-state index < -0.39 is 5.54 Å². The number of hydrogen-bond donors (Lipinski definition) is 1. The quantitative estimate of drug-likeness (QED) is 0.753. The lowest BCUT2D eigenvalue weighted by Gasteiger charge is -2.39. The molecule has 4 nitrogen and oxygen atoms in total. The summed E-state index contributed by atoms with van der Waals surface area (Å²) in [6.45, 7) is 0.588. The van der Waals surface area contributed by atoms with Crippen LogP contribution in [0.4, 0.5) is 0 Å². The fourth-order valence-corrected chi connectivity index (χ4v) is 2.92. The minimum Gasteiger partial charge on any atom is -0.330 e. The monoisotopic (exact) mass is 255 g/mol. The summed E-state index contributed by atoms with van der Waals surface area (Å²) in [4.78, 5) is 13.7. The molecule has 1 fully saturated rings. The predicted octanol–water partition coefficient (Wildman–Crippen LogP) is 1.36. The van der Waals surface area contributed by atoms with Crippen LogP contribution in [0.25, 0.3) is 0 Å². The van der Waals surface area contributed by atoms with Crippen molar-refractivity contribution in [3.63, 3.8) is 0 Å². The van der Waals surface area contributed by atoms with Gasteiger partial charge in [0.25, 0.3) is 0 Å². The Hall–Kier alpha value is -0.730. The third-order valence-corrected chi connectivity index (χ3v) is 4.37. The van der Waals surface area contributed by atoms with Gasteiger partial charge in [0, 0.05) is 19.3 Å². The van der Waals surface area contributed by atoms with Crippen LogP contribution in [0.1, 0.15) is 32.1 Å². The summed E-state index contributed by atoms with van der Waals surface area (Å²) in [5, 5.41) is 9.36. The second kappa shape index (κ2) is 6.87. The smallest absolute Gasteiger partial charge is 0.233 e. The molecule has 0 atom stereocenters. The maximum absolute atomic E-state index is 12.0. The van der Waals surface area contributed by atoms with Crippen molar-refractivity contribution in [3.05, 3.63) is 0 Å². The van der Waals surface area contributed by atoms with Crippen LogP contribution in [0.2, 0.25) is 0 Å². The van der Waals surface area contributed by atoms with Gasteiger partial charge in [-0.25, -0.2) is 0 Å². The largest absolute Gasteiger partial charge is 0.330 e. The first-order valence-electron chi connectivity index (χ1n) is 6.12. The first-order valence-corrected chi connectivity index (χ1v) is 7.27. The van der Waals surface area contributed by atoms with Crippen molar-refractivity contribution in [3.8, 4) is 6.07 Å². The van der Waals surface area contributed by atoms with E-state index in [1.54, 1.807) is 11.9 Å². The minimum atomic E-state index is -0.557. The summed E-state index contributed by atoms with van der Waals surface area (Å²) in [5.41, 5.74) is 4.83. The molecule has 0 unspecified atom stereocenters. The molecule has 0 aliphatic heterocycles. The molecule has 0 aromatic carbocycles. The first kappa shape index (κ1) is 14.3. The van der Waals surface area contributed by atoms with Crippen molar-refractivity contribution in [1.29, 1.82) is 5.26 Å². The van der Waals surface area contributed by atoms with Crippen LogP contribution < -0.4 is 5.73 Å². The summed E-state index contributed by atoms with van der Waals surface area (Å²) >= 11 is 1.54. The Morgan fingerprint density at radius 1 is 1.47 bits per heavy atom. The van der Waals surface area contributed by atoms with Crippen LogP contribution >= 0.6 is 11.8 Å². The zero-order valence-electron chi connectivity index (χ0n) is 10.4. The molecule has 0 aromatic heterocycles. The molecule has 0 aromatic rings. The highest BCUT2D eigenvalue weighted by Gasteiger charge is 2.38. The molecule has 1 amide bonds. The Labute approximate surface area is 108 Å². The average Bonchev–Trinajstić information content (AvgIpc) is 2.38. The van der Waals surface area contributed by atoms with Gasteiger partial charge in [-0.05, 0) is 12.8 Å². The van der Waals surface area contributed by atoms with E-state index in [0.717, 1.165) is 31.4 Å². The zero-order valence-corrected chi connectivity index (χ0v) is 11.3. The number of carbonyl (C=O) groups is 1. The number of rotatable bonds is 5. The molecule has 0 spiro atoms. The number of nitriles is 1. The van der Waals surface area contributed by atoms with Crippen LogP contribution in [0, 0.1) is 11.3 Å². The van der Waals surface area contributed by atoms with Gasteiger partial charge in [0.2, 0.25) is 5.91 Å². The minimum absolute atomic E-state index is 0.0481. The molecule has 5 heteroatoms. The van der Waals surface area contributed by atoms with Gasteiger partial charge in [-0.2, -0.15) is 17.0 Å². The van der Waals surface area contributed by atoms with Gasteiger partial charge in [-0.3, -0.25) is 4.79 Å². The van der Waals surface area contributed by atoms with Gasteiger partial charge in [-0.1, -0.05) is 19.3 Å². The summed E-state index contributed by atoms with van der Waals surface area (Å²) < 4.78 is 0. The van der Waals surface area contributed by atoms with Gasteiger partial charge in [0.1, 0.15) is 5.54 Å². The molecule has 0 bridgehead atoms. The maximum atomic E-state index is 12.0. The molecule has 1 aliphatic rings. The van der Waals surface area contributed by atoms with Gasteiger partial charge in [0.05, 0.1) is 11.8 Å². The highest BCUT2D eigenvalue weighted by Crippen LogP contribution is 2.32. The number of hydrogen-bond acceptors (Lipinski definition) is 4. The molecular formula is C12H21N3OS. The van der Waals surface area contributed by atoms with Gasteiger partial charge in [-0.15, -0.1) is 0 Å². The van der Waals surface area contributed by atoms with E-state index >= 15 is 0 Å². The van der Waals surface area contributed by atoms with E-state index in [1.807, 2.05) is 0 Å². The van der Waals surface area contributed by atoms with Crippen LogP contribution in [-0.4, -0.2) is 41.4 Å². The topological polar surface area (TPSA) is 70.1 Å². The molecule has 1 aliphatic carbocycles. The van der Waals surface area contributed by atoms with E-state index in [2.05, 4.69) is 6.07 Å². The molecule has 0 saturated heterocycles. The zero-order chi connectivity index (χ0) is 12.7. The highest BCUT2D eigenvalue weighted by atomic mass is 32.2. The Morgan fingerprint density at radius 3 is 2.65 bits per heavy atom. The SMILES string of the molecule is CN(C(=O)CSCCN)C1(C#N)CCCCC1. The average molecular weight is 255 g/mol. The van der Waals surface area contributed by atoms with E-state index in [-0.39, 0.29) is 5.91 Å². The molecule has 0 heterocycles. The van der Waals surface area contributed by atoms with Crippen molar-refractivity contribution in [1.82, 2.24) is 4.90 Å². The van der Waals surface area contributed by atoms with E-state index in [4.69, 9.17) is 5.73 Å². The van der Waals surface area contributed by atoms with Crippen molar-refractivity contribution in [2.24, 2.45) is 5.73 Å². The third-order valence-electron chi connectivity index (χ3n) is 3.39. The molecular weight excluding hydrogens is 234 g/mol. The van der Waals surface area contributed by atoms with Crippen molar-refractivity contribution in [2.75, 3.05) is 25.1 Å². The lowest BCUT2D eigenvalue weighted by molar-refractivity contribution is -0.131. The fourth-order valence-electron chi connectivity index (χ4n) is 2.24. The number of amides is 1. The molecule has 0 radical (unpaired) electrons. The molecule has 1 rings (SSSR count). The van der Waals surface area contributed by atoms with Crippen LogP contribution in [0.5, 0.6) is 0 Å². The number of thioether (sulfide) groups is 1. The number of carbonyl (C=O) groups excluding carboxylic acids is 1. The van der Waals surface area contributed by atoms with Crippen molar-refractivity contribution in [2.45, 2.75) is 37.6 Å². The Kier molecular flexibility index (Phi) is 5.79. The molecule has 17 heavy (non-hydrogen) atoms. The van der Waals surface area contributed by atoms with Gasteiger partial charge < -0.3 is 10.6 Å². The van der Waals surface area contributed by atoms with Crippen LogP contribution in [-0.2, 0) is 4.79 Å². The summed E-state index contributed by atoms with van der Waals surface area (Å²) in [7, 11) is 1.76. The standard InChI is InChI=1S/C12H21N3OS/c1-15(11(16)9-17-8-7-13)12(10-14)5-3-2-4-6-12/h2-9,13H2,1H3.